The summed E-state index contributed by atoms with van der Waals surface area (Å²) in [5, 5.41) is 7.94. The lowest BCUT2D eigenvalue weighted by Crippen LogP contribution is -2.44. The third-order valence-electron chi connectivity index (χ3n) is 4.00. The molecule has 5 nitrogen and oxygen atoms in total. The number of hydrogen-bond donors (Lipinski definition) is 2. The Morgan fingerprint density at radius 1 is 1.33 bits per heavy atom. The van der Waals surface area contributed by atoms with E-state index in [4.69, 9.17) is 5.14 Å². The lowest BCUT2D eigenvalue weighted by atomic mass is 9.99. The summed E-state index contributed by atoms with van der Waals surface area (Å²) in [7, 11) is -4.07. The number of sulfonamides is 1. The molecule has 3 N–H and O–H groups in total. The predicted molar refractivity (Wildman–Crippen MR) is 76.8 cm³/mol. The molecule has 1 saturated carbocycles. The van der Waals surface area contributed by atoms with Crippen molar-refractivity contribution in [1.82, 2.24) is 5.32 Å². The summed E-state index contributed by atoms with van der Waals surface area (Å²) in [5.74, 6) is -1.27. The lowest BCUT2D eigenvalue weighted by Gasteiger charge is -2.26. The highest BCUT2D eigenvalue weighted by atomic mass is 32.2. The number of rotatable bonds is 3. The van der Waals surface area contributed by atoms with Gasteiger partial charge in [-0.3, -0.25) is 4.79 Å². The van der Waals surface area contributed by atoms with Gasteiger partial charge in [0.2, 0.25) is 10.0 Å². The summed E-state index contributed by atoms with van der Waals surface area (Å²) in [4.78, 5) is 12.0. The Kier molecular flexibility index (Phi) is 4.08. The van der Waals surface area contributed by atoms with Crippen LogP contribution in [0.5, 0.6) is 0 Å². The number of nitrogens with one attached hydrogen (secondary N) is 1. The second-order valence-corrected chi connectivity index (χ2v) is 7.37. The molecule has 1 aromatic rings. The van der Waals surface area contributed by atoms with Crippen LogP contribution in [0.25, 0.3) is 0 Å². The zero-order chi connectivity index (χ0) is 15.8. The first-order valence-corrected chi connectivity index (χ1v) is 8.32. The maximum absolute atomic E-state index is 13.6. The minimum absolute atomic E-state index is 0.00662. The van der Waals surface area contributed by atoms with Crippen LogP contribution in [0.3, 0.4) is 0 Å². The normalized spacial score (nSPS) is 17.7. The van der Waals surface area contributed by atoms with Crippen LogP contribution in [-0.2, 0) is 10.0 Å². The molecule has 0 heterocycles. The van der Waals surface area contributed by atoms with E-state index in [0.29, 0.717) is 0 Å². The van der Waals surface area contributed by atoms with Crippen molar-refractivity contribution in [3.63, 3.8) is 0 Å². The van der Waals surface area contributed by atoms with Gasteiger partial charge in [-0.05, 0) is 44.4 Å². The van der Waals surface area contributed by atoms with Crippen LogP contribution in [0.15, 0.2) is 17.0 Å². The highest BCUT2D eigenvalue weighted by Crippen LogP contribution is 2.30. The second-order valence-electron chi connectivity index (χ2n) is 5.84. The molecule has 0 saturated heterocycles. The molecule has 1 amide bonds. The highest BCUT2D eigenvalue weighted by molar-refractivity contribution is 7.89. The fraction of sp³-hybridized carbons (Fsp3) is 0.500. The summed E-state index contributed by atoms with van der Waals surface area (Å²) in [6.45, 7) is 3.39. The predicted octanol–water partition coefficient (Wildman–Crippen LogP) is 1.84. The first kappa shape index (κ1) is 15.9. The molecular weight excluding hydrogens is 295 g/mol. The number of primary sulfonamides is 1. The second kappa shape index (κ2) is 5.38. The molecule has 2 rings (SSSR count). The molecule has 0 radical (unpaired) electrons. The third-order valence-corrected chi connectivity index (χ3v) is 5.04. The standard InChI is InChI=1S/C14H19FN2O3S/c1-9-11(7-10(15)8-12(9)21(16,19)20)13(18)17-14(2)5-3-4-6-14/h7-8H,3-6H2,1-2H3,(H,17,18)(H2,16,19,20). The molecule has 0 unspecified atom stereocenters. The topological polar surface area (TPSA) is 89.3 Å². The number of carbonyl (C=O) groups excluding carboxylic acids is 1. The van der Waals surface area contributed by atoms with Crippen LogP contribution in [0.1, 0.15) is 48.5 Å². The van der Waals surface area contributed by atoms with Crippen LogP contribution in [-0.4, -0.2) is 19.9 Å². The monoisotopic (exact) mass is 314 g/mol. The Balaban J connectivity index is 2.40. The van der Waals surface area contributed by atoms with Gasteiger partial charge in [0.15, 0.2) is 0 Å². The average Bonchev–Trinajstić information content (AvgIpc) is 2.76. The van der Waals surface area contributed by atoms with E-state index in [0.717, 1.165) is 37.8 Å². The lowest BCUT2D eigenvalue weighted by molar-refractivity contribution is 0.0906. The molecule has 1 aliphatic rings. The van der Waals surface area contributed by atoms with Crippen LogP contribution >= 0.6 is 0 Å². The van der Waals surface area contributed by atoms with Crippen molar-refractivity contribution >= 4 is 15.9 Å². The SMILES string of the molecule is Cc1c(C(=O)NC2(C)CCCC2)cc(F)cc1S(N)(=O)=O. The summed E-state index contributed by atoms with van der Waals surface area (Å²) >= 11 is 0. The van der Waals surface area contributed by atoms with Crippen molar-refractivity contribution in [2.24, 2.45) is 5.14 Å². The fourth-order valence-corrected chi connectivity index (χ4v) is 3.62. The quantitative estimate of drug-likeness (QED) is 0.892. The molecule has 1 aromatic carbocycles. The minimum atomic E-state index is -4.07. The smallest absolute Gasteiger partial charge is 0.252 e. The van der Waals surface area contributed by atoms with Gasteiger partial charge in [-0.2, -0.15) is 0 Å². The average molecular weight is 314 g/mol. The van der Waals surface area contributed by atoms with Gasteiger partial charge >= 0.3 is 0 Å². The van der Waals surface area contributed by atoms with E-state index in [1.165, 1.54) is 6.92 Å². The Morgan fingerprint density at radius 2 is 1.90 bits per heavy atom. The van der Waals surface area contributed by atoms with E-state index >= 15 is 0 Å². The van der Waals surface area contributed by atoms with E-state index in [1.54, 1.807) is 0 Å². The summed E-state index contributed by atoms with van der Waals surface area (Å²) < 4.78 is 36.5. The maximum Gasteiger partial charge on any atom is 0.252 e. The largest absolute Gasteiger partial charge is 0.347 e. The Bertz CT molecular complexity index is 680. The first-order valence-electron chi connectivity index (χ1n) is 6.78. The van der Waals surface area contributed by atoms with Crippen LogP contribution in [0.2, 0.25) is 0 Å². The molecule has 116 valence electrons. The van der Waals surface area contributed by atoms with Gasteiger partial charge in [-0.1, -0.05) is 12.8 Å². The molecular formula is C14H19FN2O3S. The van der Waals surface area contributed by atoms with Crippen molar-refractivity contribution in [1.29, 1.82) is 0 Å². The van der Waals surface area contributed by atoms with Gasteiger partial charge < -0.3 is 5.32 Å². The molecule has 1 fully saturated rings. The van der Waals surface area contributed by atoms with Crippen LogP contribution < -0.4 is 10.5 Å². The van der Waals surface area contributed by atoms with Crippen molar-refractivity contribution in [3.8, 4) is 0 Å². The molecule has 0 atom stereocenters. The Morgan fingerprint density at radius 3 is 2.43 bits per heavy atom. The maximum atomic E-state index is 13.6. The molecule has 0 aliphatic heterocycles. The number of amides is 1. The minimum Gasteiger partial charge on any atom is -0.347 e. The van der Waals surface area contributed by atoms with Crippen molar-refractivity contribution in [2.75, 3.05) is 0 Å². The van der Waals surface area contributed by atoms with Gasteiger partial charge in [-0.25, -0.2) is 17.9 Å². The zero-order valence-electron chi connectivity index (χ0n) is 12.1. The van der Waals surface area contributed by atoms with E-state index in [2.05, 4.69) is 5.32 Å². The molecule has 0 spiro atoms. The molecule has 7 heteroatoms. The summed E-state index contributed by atoms with van der Waals surface area (Å²) in [6, 6.07) is 1.87. The van der Waals surface area contributed by atoms with E-state index in [1.807, 2.05) is 6.92 Å². The highest BCUT2D eigenvalue weighted by Gasteiger charge is 2.31. The van der Waals surface area contributed by atoms with Gasteiger partial charge in [0.1, 0.15) is 5.82 Å². The van der Waals surface area contributed by atoms with Crippen LogP contribution in [0.4, 0.5) is 4.39 Å². The molecule has 0 bridgehead atoms. The third kappa shape index (κ3) is 3.41. The van der Waals surface area contributed by atoms with Crippen molar-refractivity contribution in [2.45, 2.75) is 50.0 Å². The number of halogens is 1. The Hall–Kier alpha value is -1.47. The number of hydrogen-bond acceptors (Lipinski definition) is 3. The van der Waals surface area contributed by atoms with Gasteiger partial charge in [0, 0.05) is 11.1 Å². The van der Waals surface area contributed by atoms with E-state index < -0.39 is 21.7 Å². The van der Waals surface area contributed by atoms with E-state index in [-0.39, 0.29) is 21.6 Å². The number of nitrogens with two attached hydrogens (primary N) is 1. The van der Waals surface area contributed by atoms with Gasteiger partial charge in [0.05, 0.1) is 4.90 Å². The zero-order valence-corrected chi connectivity index (χ0v) is 12.9. The van der Waals surface area contributed by atoms with Gasteiger partial charge in [0.25, 0.3) is 5.91 Å². The van der Waals surface area contributed by atoms with Crippen molar-refractivity contribution < 1.29 is 17.6 Å². The summed E-state index contributed by atoms with van der Waals surface area (Å²) in [5.41, 5.74) is -0.150. The number of benzene rings is 1. The fourth-order valence-electron chi connectivity index (χ4n) is 2.81. The summed E-state index contributed by atoms with van der Waals surface area (Å²) in [6.07, 6.45) is 3.77. The Labute approximate surface area is 123 Å². The van der Waals surface area contributed by atoms with Crippen molar-refractivity contribution in [3.05, 3.63) is 29.1 Å². The van der Waals surface area contributed by atoms with E-state index in [9.17, 15) is 17.6 Å². The van der Waals surface area contributed by atoms with Crippen LogP contribution in [0, 0.1) is 12.7 Å². The molecule has 1 aliphatic carbocycles. The number of carbonyl (C=O) groups is 1. The van der Waals surface area contributed by atoms with Gasteiger partial charge in [-0.15, -0.1) is 0 Å². The first-order chi connectivity index (χ1) is 9.62. The molecule has 21 heavy (non-hydrogen) atoms. The molecule has 0 aromatic heterocycles.